The van der Waals surface area contributed by atoms with E-state index in [0.29, 0.717) is 11.3 Å². The van der Waals surface area contributed by atoms with E-state index in [9.17, 15) is 18.0 Å². The molecule has 132 valence electrons. The molecule has 5 nitrogen and oxygen atoms in total. The first-order valence-electron chi connectivity index (χ1n) is 6.88. The van der Waals surface area contributed by atoms with Crippen molar-refractivity contribution in [1.29, 1.82) is 0 Å². The van der Waals surface area contributed by atoms with Gasteiger partial charge in [0.15, 0.2) is 5.69 Å². The largest absolute Gasteiger partial charge is 0.435 e. The Morgan fingerprint density at radius 3 is 2.50 bits per heavy atom. The van der Waals surface area contributed by atoms with Gasteiger partial charge in [0.1, 0.15) is 0 Å². The Hall–Kier alpha value is -2.06. The smallest absolute Gasteiger partial charge is 0.346 e. The van der Waals surface area contributed by atoms with Crippen molar-refractivity contribution in [1.82, 2.24) is 15.1 Å². The van der Waals surface area contributed by atoms with Gasteiger partial charge in [-0.2, -0.15) is 18.3 Å². The van der Waals surface area contributed by atoms with Gasteiger partial charge in [-0.3, -0.25) is 4.79 Å². The van der Waals surface area contributed by atoms with Gasteiger partial charge in [-0.25, -0.2) is 4.68 Å². The Bertz CT molecular complexity index is 713. The number of carbonyl (C=O) groups excluding carboxylic acids is 1. The van der Waals surface area contributed by atoms with E-state index in [1.807, 2.05) is 0 Å². The Kier molecular flexibility index (Phi) is 6.02. The fourth-order valence-electron chi connectivity index (χ4n) is 1.84. The van der Waals surface area contributed by atoms with Crippen LogP contribution in [0.15, 0.2) is 36.5 Å². The van der Waals surface area contributed by atoms with E-state index in [-0.39, 0.29) is 24.9 Å². The summed E-state index contributed by atoms with van der Waals surface area (Å²) in [6.45, 7) is 3.81. The van der Waals surface area contributed by atoms with Gasteiger partial charge in [0.25, 0.3) is 5.91 Å². The van der Waals surface area contributed by atoms with E-state index in [1.54, 1.807) is 32.0 Å². The Balaban J connectivity index is 0.00000288. The average Bonchev–Trinajstić information content (AvgIpc) is 2.97. The zero-order valence-corrected chi connectivity index (χ0v) is 13.9. The highest BCUT2D eigenvalue weighted by Crippen LogP contribution is 2.27. The Morgan fingerprint density at radius 1 is 1.29 bits per heavy atom. The third-order valence-corrected chi connectivity index (χ3v) is 3.21. The quantitative estimate of drug-likeness (QED) is 0.878. The van der Waals surface area contributed by atoms with E-state index < -0.39 is 17.4 Å². The number of alkyl halides is 3. The molecule has 2 aromatic rings. The summed E-state index contributed by atoms with van der Waals surface area (Å²) in [5.74, 6) is -0.356. The molecule has 0 fully saturated rings. The molecule has 0 saturated carbocycles. The number of benzene rings is 1. The lowest BCUT2D eigenvalue weighted by atomic mass is 10.1. The van der Waals surface area contributed by atoms with Crippen LogP contribution < -0.4 is 11.1 Å². The number of amides is 1. The molecule has 0 spiro atoms. The minimum atomic E-state index is -4.51. The molecule has 0 unspecified atom stereocenters. The summed E-state index contributed by atoms with van der Waals surface area (Å²) in [6.07, 6.45) is -3.31. The standard InChI is InChI=1S/C15H17F3N4O.ClH/c1-14(2,9-19)20-13(23)10-4-3-5-11(8-10)22-7-6-12(21-22)15(16,17)18;/h3-8H,9,19H2,1-2H3,(H,20,23);1H. The fourth-order valence-corrected chi connectivity index (χ4v) is 1.84. The fraction of sp³-hybridized carbons (Fsp3) is 0.333. The van der Waals surface area contributed by atoms with Crippen LogP contribution in [0.5, 0.6) is 0 Å². The maximum atomic E-state index is 12.6. The van der Waals surface area contributed by atoms with Crippen LogP contribution in [0.4, 0.5) is 13.2 Å². The molecule has 0 aliphatic heterocycles. The van der Waals surface area contributed by atoms with Gasteiger partial charge in [0.2, 0.25) is 0 Å². The molecule has 0 bridgehead atoms. The van der Waals surface area contributed by atoms with Crippen molar-refractivity contribution < 1.29 is 18.0 Å². The monoisotopic (exact) mass is 362 g/mol. The molecule has 1 aromatic heterocycles. The average molecular weight is 363 g/mol. The van der Waals surface area contributed by atoms with Crippen molar-refractivity contribution in [2.24, 2.45) is 5.73 Å². The third-order valence-electron chi connectivity index (χ3n) is 3.21. The van der Waals surface area contributed by atoms with Crippen LogP contribution >= 0.6 is 12.4 Å². The molecule has 24 heavy (non-hydrogen) atoms. The Morgan fingerprint density at radius 2 is 1.96 bits per heavy atom. The minimum absolute atomic E-state index is 0. The van der Waals surface area contributed by atoms with Gasteiger partial charge in [-0.1, -0.05) is 6.07 Å². The maximum absolute atomic E-state index is 12.6. The highest BCUT2D eigenvalue weighted by Gasteiger charge is 2.33. The van der Waals surface area contributed by atoms with Gasteiger partial charge in [0.05, 0.1) is 5.69 Å². The summed E-state index contributed by atoms with van der Waals surface area (Å²) in [6, 6.07) is 7.06. The summed E-state index contributed by atoms with van der Waals surface area (Å²) >= 11 is 0. The lowest BCUT2D eigenvalue weighted by Gasteiger charge is -2.24. The van der Waals surface area contributed by atoms with Crippen LogP contribution in [-0.4, -0.2) is 27.8 Å². The van der Waals surface area contributed by atoms with E-state index in [4.69, 9.17) is 5.73 Å². The van der Waals surface area contributed by atoms with E-state index >= 15 is 0 Å². The van der Waals surface area contributed by atoms with E-state index in [2.05, 4.69) is 10.4 Å². The second kappa shape index (κ2) is 7.23. The normalized spacial score (nSPS) is 11.8. The molecule has 3 N–H and O–H groups in total. The van der Waals surface area contributed by atoms with Crippen molar-refractivity contribution in [3.05, 3.63) is 47.8 Å². The first kappa shape index (κ1) is 20.0. The summed E-state index contributed by atoms with van der Waals surface area (Å²) in [7, 11) is 0. The Labute approximate surface area is 143 Å². The molecular formula is C15H18ClF3N4O. The van der Waals surface area contributed by atoms with Crippen LogP contribution in [0.3, 0.4) is 0 Å². The summed E-state index contributed by atoms with van der Waals surface area (Å²) in [5.41, 5.74) is 4.66. The topological polar surface area (TPSA) is 72.9 Å². The third kappa shape index (κ3) is 4.72. The number of rotatable bonds is 4. The van der Waals surface area contributed by atoms with Gasteiger partial charge in [-0.15, -0.1) is 12.4 Å². The lowest BCUT2D eigenvalue weighted by Crippen LogP contribution is -2.48. The van der Waals surface area contributed by atoms with Crippen LogP contribution in [0, 0.1) is 0 Å². The second-order valence-electron chi connectivity index (χ2n) is 5.74. The number of aromatic nitrogens is 2. The molecular weight excluding hydrogens is 345 g/mol. The number of halogens is 4. The van der Waals surface area contributed by atoms with Crippen molar-refractivity contribution in [3.8, 4) is 5.69 Å². The number of carbonyl (C=O) groups is 1. The number of nitrogens with one attached hydrogen (secondary N) is 1. The van der Waals surface area contributed by atoms with E-state index in [1.165, 1.54) is 12.3 Å². The van der Waals surface area contributed by atoms with Crippen LogP contribution in [-0.2, 0) is 6.18 Å². The van der Waals surface area contributed by atoms with Crippen molar-refractivity contribution >= 4 is 18.3 Å². The minimum Gasteiger partial charge on any atom is -0.346 e. The van der Waals surface area contributed by atoms with Crippen molar-refractivity contribution in [2.75, 3.05) is 6.54 Å². The first-order valence-corrected chi connectivity index (χ1v) is 6.88. The molecule has 0 atom stereocenters. The predicted molar refractivity (Wildman–Crippen MR) is 86.4 cm³/mol. The zero-order chi connectivity index (χ0) is 17.3. The zero-order valence-electron chi connectivity index (χ0n) is 13.1. The van der Waals surface area contributed by atoms with Gasteiger partial charge >= 0.3 is 6.18 Å². The van der Waals surface area contributed by atoms with Crippen molar-refractivity contribution in [3.63, 3.8) is 0 Å². The second-order valence-corrected chi connectivity index (χ2v) is 5.74. The molecule has 9 heteroatoms. The highest BCUT2D eigenvalue weighted by atomic mass is 35.5. The maximum Gasteiger partial charge on any atom is 0.435 e. The molecule has 0 aliphatic carbocycles. The lowest BCUT2D eigenvalue weighted by molar-refractivity contribution is -0.141. The summed E-state index contributed by atoms with van der Waals surface area (Å²) in [4.78, 5) is 12.2. The first-order chi connectivity index (χ1) is 10.6. The van der Waals surface area contributed by atoms with E-state index in [0.717, 1.165) is 10.7 Å². The van der Waals surface area contributed by atoms with Gasteiger partial charge < -0.3 is 11.1 Å². The number of hydrogen-bond donors (Lipinski definition) is 2. The summed E-state index contributed by atoms with van der Waals surface area (Å²) < 4.78 is 38.9. The predicted octanol–water partition coefficient (Wildman–Crippen LogP) is 2.78. The molecule has 1 heterocycles. The van der Waals surface area contributed by atoms with Gasteiger partial charge in [-0.05, 0) is 38.1 Å². The number of hydrogen-bond acceptors (Lipinski definition) is 3. The van der Waals surface area contributed by atoms with Crippen molar-refractivity contribution in [2.45, 2.75) is 25.6 Å². The molecule has 0 aliphatic rings. The molecule has 1 amide bonds. The van der Waals surface area contributed by atoms with Crippen LogP contribution in [0.25, 0.3) is 5.69 Å². The van der Waals surface area contributed by atoms with Gasteiger partial charge in [0, 0.05) is 23.8 Å². The number of nitrogens with zero attached hydrogens (tertiary/aromatic N) is 2. The summed E-state index contributed by atoms with van der Waals surface area (Å²) in [5, 5.41) is 6.24. The van der Waals surface area contributed by atoms with Crippen LogP contribution in [0.2, 0.25) is 0 Å². The molecule has 0 saturated heterocycles. The molecule has 0 radical (unpaired) electrons. The number of nitrogens with two attached hydrogens (primary N) is 1. The van der Waals surface area contributed by atoms with Crippen LogP contribution in [0.1, 0.15) is 29.9 Å². The molecule has 1 aromatic carbocycles. The highest BCUT2D eigenvalue weighted by molar-refractivity contribution is 5.95. The molecule has 2 rings (SSSR count). The SMILES string of the molecule is CC(C)(CN)NC(=O)c1cccc(-n2ccc(C(F)(F)F)n2)c1.Cl.